The molecule has 0 amide bonds. The first-order valence-electron chi connectivity index (χ1n) is 8.88. The zero-order valence-corrected chi connectivity index (χ0v) is 13.9. The summed E-state index contributed by atoms with van der Waals surface area (Å²) < 4.78 is 0. The van der Waals surface area contributed by atoms with Gasteiger partial charge in [0, 0.05) is 12.6 Å². The predicted octanol–water partition coefficient (Wildman–Crippen LogP) is 5.54. The lowest BCUT2D eigenvalue weighted by Gasteiger charge is -2.41. The van der Waals surface area contributed by atoms with Gasteiger partial charge in [0.1, 0.15) is 0 Å². The lowest BCUT2D eigenvalue weighted by Crippen LogP contribution is -2.42. The molecule has 0 aromatic heterocycles. The molecule has 1 nitrogen and oxygen atoms in total. The average Bonchev–Trinajstić information content (AvgIpc) is 2.69. The molecular formula is C18H37N. The van der Waals surface area contributed by atoms with Crippen LogP contribution in [0, 0.1) is 11.3 Å². The van der Waals surface area contributed by atoms with Crippen LogP contribution in [0.2, 0.25) is 0 Å². The lowest BCUT2D eigenvalue weighted by molar-refractivity contribution is 0.109. The molecule has 1 unspecified atom stereocenters. The zero-order valence-electron chi connectivity index (χ0n) is 13.9. The third-order valence-electron chi connectivity index (χ3n) is 5.32. The summed E-state index contributed by atoms with van der Waals surface area (Å²) in [5, 5.41) is 3.76. The highest BCUT2D eigenvalue weighted by Crippen LogP contribution is 2.43. The van der Waals surface area contributed by atoms with Crippen molar-refractivity contribution in [2.24, 2.45) is 11.3 Å². The van der Waals surface area contributed by atoms with E-state index in [2.05, 4.69) is 33.0 Å². The van der Waals surface area contributed by atoms with Crippen LogP contribution in [0.5, 0.6) is 0 Å². The summed E-state index contributed by atoms with van der Waals surface area (Å²) in [5.41, 5.74) is 0.574. The van der Waals surface area contributed by atoms with Gasteiger partial charge in [0.25, 0.3) is 0 Å². The quantitative estimate of drug-likeness (QED) is 0.569. The van der Waals surface area contributed by atoms with Gasteiger partial charge >= 0.3 is 0 Å². The van der Waals surface area contributed by atoms with Crippen molar-refractivity contribution in [3.63, 3.8) is 0 Å². The second-order valence-electron chi connectivity index (χ2n) is 7.04. The van der Waals surface area contributed by atoms with E-state index in [4.69, 9.17) is 0 Å². The second-order valence-corrected chi connectivity index (χ2v) is 7.04. The van der Waals surface area contributed by atoms with Crippen LogP contribution in [0.15, 0.2) is 0 Å². The first kappa shape index (κ1) is 17.0. The van der Waals surface area contributed by atoms with Crippen LogP contribution in [0.3, 0.4) is 0 Å². The fourth-order valence-electron chi connectivity index (χ4n) is 3.86. The first-order valence-corrected chi connectivity index (χ1v) is 8.88. The van der Waals surface area contributed by atoms with Gasteiger partial charge in [-0.05, 0) is 37.0 Å². The van der Waals surface area contributed by atoms with Gasteiger partial charge < -0.3 is 5.32 Å². The highest BCUT2D eigenvalue weighted by Gasteiger charge is 2.36. The Morgan fingerprint density at radius 2 is 1.68 bits per heavy atom. The summed E-state index contributed by atoms with van der Waals surface area (Å²) in [6, 6.07) is 0.623. The van der Waals surface area contributed by atoms with Crippen LogP contribution in [0.4, 0.5) is 0 Å². The van der Waals surface area contributed by atoms with Crippen LogP contribution >= 0.6 is 0 Å². The summed E-state index contributed by atoms with van der Waals surface area (Å²) in [4.78, 5) is 0. The number of nitrogens with one attached hydrogen (secondary N) is 1. The predicted molar refractivity (Wildman–Crippen MR) is 86.6 cm³/mol. The van der Waals surface area contributed by atoms with Gasteiger partial charge in [-0.3, -0.25) is 0 Å². The second kappa shape index (κ2) is 9.00. The van der Waals surface area contributed by atoms with Crippen LogP contribution in [0.25, 0.3) is 0 Å². The minimum atomic E-state index is 0.574. The maximum atomic E-state index is 3.76. The SMILES string of the molecule is CCCCC(CC)(CNC(C)C)C1CCCCCC1. The number of hydrogen-bond acceptors (Lipinski definition) is 1. The van der Waals surface area contributed by atoms with E-state index in [-0.39, 0.29) is 0 Å². The first-order chi connectivity index (χ1) is 9.14. The van der Waals surface area contributed by atoms with Crippen LogP contribution < -0.4 is 5.32 Å². The van der Waals surface area contributed by atoms with Crippen molar-refractivity contribution in [2.75, 3.05) is 6.54 Å². The van der Waals surface area contributed by atoms with Gasteiger partial charge in [-0.2, -0.15) is 0 Å². The third-order valence-corrected chi connectivity index (χ3v) is 5.32. The van der Waals surface area contributed by atoms with Crippen LogP contribution in [0.1, 0.15) is 91.9 Å². The molecule has 0 saturated heterocycles. The zero-order chi connectivity index (χ0) is 14.1. The molecule has 0 bridgehead atoms. The minimum Gasteiger partial charge on any atom is -0.314 e. The fourth-order valence-corrected chi connectivity index (χ4v) is 3.86. The highest BCUT2D eigenvalue weighted by atomic mass is 14.9. The Hall–Kier alpha value is -0.0400. The third kappa shape index (κ3) is 5.45. The van der Waals surface area contributed by atoms with Crippen LogP contribution in [-0.2, 0) is 0 Å². The smallest absolute Gasteiger partial charge is 0.00127 e. The number of unbranched alkanes of at least 4 members (excludes halogenated alkanes) is 1. The molecule has 1 atom stereocenters. The minimum absolute atomic E-state index is 0.574. The molecule has 1 N–H and O–H groups in total. The van der Waals surface area contributed by atoms with E-state index in [1.54, 1.807) is 0 Å². The van der Waals surface area contributed by atoms with Crippen molar-refractivity contribution in [3.8, 4) is 0 Å². The Labute approximate surface area is 121 Å². The fraction of sp³-hybridized carbons (Fsp3) is 1.00. The van der Waals surface area contributed by atoms with E-state index >= 15 is 0 Å². The summed E-state index contributed by atoms with van der Waals surface area (Å²) in [6.07, 6.45) is 14.4. The average molecular weight is 268 g/mol. The molecule has 0 heterocycles. The Balaban J connectivity index is 2.73. The molecule has 1 aliphatic rings. The normalized spacial score (nSPS) is 21.3. The van der Waals surface area contributed by atoms with E-state index in [9.17, 15) is 0 Å². The molecule has 0 aliphatic heterocycles. The lowest BCUT2D eigenvalue weighted by atomic mass is 9.67. The summed E-state index contributed by atoms with van der Waals surface area (Å²) >= 11 is 0. The Morgan fingerprint density at radius 3 is 2.16 bits per heavy atom. The molecule has 0 radical (unpaired) electrons. The molecule has 0 aromatic rings. The topological polar surface area (TPSA) is 12.0 Å². The monoisotopic (exact) mass is 267 g/mol. The van der Waals surface area contributed by atoms with Gasteiger partial charge in [0.2, 0.25) is 0 Å². The van der Waals surface area contributed by atoms with Crippen molar-refractivity contribution < 1.29 is 0 Å². The van der Waals surface area contributed by atoms with E-state index in [0.717, 1.165) is 5.92 Å². The van der Waals surface area contributed by atoms with Crippen LogP contribution in [-0.4, -0.2) is 12.6 Å². The molecule has 0 aromatic carbocycles. The Morgan fingerprint density at radius 1 is 1.05 bits per heavy atom. The number of rotatable bonds is 8. The summed E-state index contributed by atoms with van der Waals surface area (Å²) in [6.45, 7) is 10.6. The molecule has 19 heavy (non-hydrogen) atoms. The van der Waals surface area contributed by atoms with E-state index in [1.165, 1.54) is 70.8 Å². The summed E-state index contributed by atoms with van der Waals surface area (Å²) in [5.74, 6) is 0.970. The largest absolute Gasteiger partial charge is 0.314 e. The van der Waals surface area contributed by atoms with Gasteiger partial charge in [0.15, 0.2) is 0 Å². The van der Waals surface area contributed by atoms with Crippen molar-refractivity contribution in [3.05, 3.63) is 0 Å². The van der Waals surface area contributed by atoms with E-state index < -0.39 is 0 Å². The molecule has 114 valence electrons. The standard InChI is InChI=1S/C18H37N/c1-5-7-14-18(6-2,15-19-16(3)4)17-12-10-8-9-11-13-17/h16-17,19H,5-15H2,1-4H3. The molecule has 1 heteroatoms. The van der Waals surface area contributed by atoms with Gasteiger partial charge in [-0.25, -0.2) is 0 Å². The molecule has 1 fully saturated rings. The van der Waals surface area contributed by atoms with Crippen molar-refractivity contribution >= 4 is 0 Å². The van der Waals surface area contributed by atoms with E-state index in [0.29, 0.717) is 11.5 Å². The molecule has 1 saturated carbocycles. The Bertz CT molecular complexity index is 216. The molecule has 1 rings (SSSR count). The summed E-state index contributed by atoms with van der Waals surface area (Å²) in [7, 11) is 0. The maximum Gasteiger partial charge on any atom is 0.00127 e. The molecule has 0 spiro atoms. The van der Waals surface area contributed by atoms with Gasteiger partial charge in [-0.1, -0.05) is 66.2 Å². The van der Waals surface area contributed by atoms with Gasteiger partial charge in [-0.15, -0.1) is 0 Å². The number of hydrogen-bond donors (Lipinski definition) is 1. The Kier molecular flexibility index (Phi) is 8.06. The van der Waals surface area contributed by atoms with E-state index in [1.807, 2.05) is 0 Å². The van der Waals surface area contributed by atoms with Gasteiger partial charge in [0.05, 0.1) is 0 Å². The van der Waals surface area contributed by atoms with Crippen molar-refractivity contribution in [2.45, 2.75) is 97.9 Å². The van der Waals surface area contributed by atoms with Crippen molar-refractivity contribution in [1.82, 2.24) is 5.32 Å². The highest BCUT2D eigenvalue weighted by molar-refractivity contribution is 4.89. The maximum absolute atomic E-state index is 3.76. The van der Waals surface area contributed by atoms with Crippen molar-refractivity contribution in [1.29, 1.82) is 0 Å². The molecular weight excluding hydrogens is 230 g/mol. The molecule has 1 aliphatic carbocycles.